The van der Waals surface area contributed by atoms with E-state index in [1.54, 1.807) is 0 Å². The van der Waals surface area contributed by atoms with Crippen molar-refractivity contribution >= 4 is 16.8 Å². The van der Waals surface area contributed by atoms with Crippen LogP contribution in [0.1, 0.15) is 17.0 Å². The third kappa shape index (κ3) is 1.75. The molecule has 0 saturated carbocycles. The van der Waals surface area contributed by atoms with Gasteiger partial charge in [-0.05, 0) is 33.9 Å². The van der Waals surface area contributed by atoms with Crippen molar-refractivity contribution < 1.29 is 4.79 Å². The molecule has 1 atom stereocenters. The summed E-state index contributed by atoms with van der Waals surface area (Å²) in [6, 6.07) is 17.8. The van der Waals surface area contributed by atoms with Gasteiger partial charge in [-0.1, -0.05) is 48.5 Å². The van der Waals surface area contributed by atoms with E-state index in [1.807, 2.05) is 54.6 Å². The lowest BCUT2D eigenvalue weighted by Gasteiger charge is -2.16. The van der Waals surface area contributed by atoms with Gasteiger partial charge in [0.05, 0.1) is 6.07 Å². The average Bonchev–Trinajstić information content (AvgIpc) is 2.75. The van der Waals surface area contributed by atoms with Crippen LogP contribution in [0.15, 0.2) is 48.5 Å². The summed E-state index contributed by atoms with van der Waals surface area (Å²) in [7, 11) is 0. The molecule has 0 fully saturated rings. The number of halogens is 1. The molecule has 2 aromatic rings. The molecule has 1 aliphatic carbocycles. The molecule has 0 spiro atoms. The van der Waals surface area contributed by atoms with Crippen molar-refractivity contribution in [1.82, 2.24) is 0 Å². The molecule has 92 valence electrons. The molecule has 3 heteroatoms. The summed E-state index contributed by atoms with van der Waals surface area (Å²) >= 11 is 5.60. The highest BCUT2D eigenvalue weighted by atomic mass is 35.5. The van der Waals surface area contributed by atoms with Gasteiger partial charge in [-0.3, -0.25) is 4.79 Å². The highest BCUT2D eigenvalue weighted by molar-refractivity contribution is 6.64. The molecule has 2 aromatic carbocycles. The first-order valence-electron chi connectivity index (χ1n) is 6.01. The zero-order valence-corrected chi connectivity index (χ0v) is 10.8. The van der Waals surface area contributed by atoms with Crippen LogP contribution >= 0.6 is 11.6 Å². The molecular weight excluding hydrogens is 258 g/mol. The molecule has 0 saturated heterocycles. The van der Waals surface area contributed by atoms with Crippen molar-refractivity contribution in [2.75, 3.05) is 0 Å². The van der Waals surface area contributed by atoms with Crippen molar-refractivity contribution in [1.29, 1.82) is 5.26 Å². The first-order valence-corrected chi connectivity index (χ1v) is 6.39. The fourth-order valence-electron chi connectivity index (χ4n) is 2.81. The van der Waals surface area contributed by atoms with Gasteiger partial charge in [0.2, 0.25) is 5.24 Å². The third-order valence-electron chi connectivity index (χ3n) is 3.60. The second kappa shape index (κ2) is 4.53. The van der Waals surface area contributed by atoms with Gasteiger partial charge in [-0.2, -0.15) is 5.26 Å². The smallest absolute Gasteiger partial charge is 0.239 e. The average molecular weight is 268 g/mol. The molecule has 0 N–H and O–H groups in total. The quantitative estimate of drug-likeness (QED) is 0.779. The van der Waals surface area contributed by atoms with Gasteiger partial charge >= 0.3 is 0 Å². The number of benzene rings is 2. The normalized spacial score (nSPS) is 14.3. The lowest BCUT2D eigenvalue weighted by molar-refractivity contribution is -0.113. The summed E-state index contributed by atoms with van der Waals surface area (Å²) in [5.74, 6) is -1.10. The largest absolute Gasteiger partial charge is 0.280 e. The Balaban J connectivity index is 2.26. The summed E-state index contributed by atoms with van der Waals surface area (Å²) < 4.78 is 0. The highest BCUT2D eigenvalue weighted by Gasteiger charge is 2.37. The van der Waals surface area contributed by atoms with E-state index in [0.29, 0.717) is 0 Å². The van der Waals surface area contributed by atoms with Gasteiger partial charge in [0.15, 0.2) is 0 Å². The molecule has 19 heavy (non-hydrogen) atoms. The molecule has 0 aliphatic heterocycles. The van der Waals surface area contributed by atoms with Crippen molar-refractivity contribution in [3.63, 3.8) is 0 Å². The number of hydrogen-bond acceptors (Lipinski definition) is 2. The van der Waals surface area contributed by atoms with Crippen LogP contribution in [-0.2, 0) is 4.79 Å². The Labute approximate surface area is 116 Å². The van der Waals surface area contributed by atoms with Crippen LogP contribution < -0.4 is 0 Å². The molecule has 1 aliphatic rings. The Morgan fingerprint density at radius 2 is 1.53 bits per heavy atom. The fraction of sp³-hybridized carbons (Fsp3) is 0.125. The molecule has 0 bridgehead atoms. The van der Waals surface area contributed by atoms with E-state index in [1.165, 1.54) is 0 Å². The zero-order valence-electron chi connectivity index (χ0n) is 10.0. The van der Waals surface area contributed by atoms with Gasteiger partial charge in [0, 0.05) is 5.92 Å². The summed E-state index contributed by atoms with van der Waals surface area (Å²) in [6.45, 7) is 0. The maximum atomic E-state index is 11.5. The lowest BCUT2D eigenvalue weighted by atomic mass is 9.86. The molecule has 0 aromatic heterocycles. The number of carbonyl (C=O) groups is 1. The van der Waals surface area contributed by atoms with E-state index in [2.05, 4.69) is 0 Å². The lowest BCUT2D eigenvalue weighted by Crippen LogP contribution is -2.16. The predicted octanol–water partition coefficient (Wildman–Crippen LogP) is 3.70. The zero-order chi connectivity index (χ0) is 13.4. The van der Waals surface area contributed by atoms with E-state index in [0.717, 1.165) is 22.3 Å². The molecule has 0 amide bonds. The predicted molar refractivity (Wildman–Crippen MR) is 73.7 cm³/mol. The third-order valence-corrected chi connectivity index (χ3v) is 3.83. The summed E-state index contributed by atoms with van der Waals surface area (Å²) in [6.07, 6.45) is 0. The number of rotatable bonds is 2. The Kier molecular flexibility index (Phi) is 2.85. The van der Waals surface area contributed by atoms with Crippen LogP contribution in [0.2, 0.25) is 0 Å². The number of hydrogen-bond donors (Lipinski definition) is 0. The minimum absolute atomic E-state index is 0.262. The standard InChI is InChI=1S/C16H10ClNO/c17-16(19)14(9-18)15-12-7-3-1-5-10(12)11-6-2-4-8-13(11)15/h1-8,14-15H. The number of fused-ring (bicyclic) bond motifs is 3. The van der Waals surface area contributed by atoms with Gasteiger partial charge in [-0.15, -0.1) is 0 Å². The number of nitriles is 1. The molecule has 1 unspecified atom stereocenters. The fourth-order valence-corrected chi connectivity index (χ4v) is 2.98. The Morgan fingerprint density at radius 3 is 1.95 bits per heavy atom. The molecular formula is C16H10ClNO. The Hall–Kier alpha value is -2.11. The van der Waals surface area contributed by atoms with Crippen molar-refractivity contribution in [3.05, 3.63) is 59.7 Å². The molecule has 3 rings (SSSR count). The van der Waals surface area contributed by atoms with Crippen LogP contribution in [0.3, 0.4) is 0 Å². The monoisotopic (exact) mass is 267 g/mol. The topological polar surface area (TPSA) is 40.9 Å². The van der Waals surface area contributed by atoms with Gasteiger partial charge in [0.25, 0.3) is 0 Å². The maximum absolute atomic E-state index is 11.5. The van der Waals surface area contributed by atoms with Gasteiger partial charge in [0.1, 0.15) is 5.92 Å². The second-order valence-corrected chi connectivity index (χ2v) is 4.94. The molecule has 0 heterocycles. The van der Waals surface area contributed by atoms with E-state index in [-0.39, 0.29) is 5.92 Å². The van der Waals surface area contributed by atoms with Gasteiger partial charge < -0.3 is 0 Å². The Morgan fingerprint density at radius 1 is 1.05 bits per heavy atom. The first-order chi connectivity index (χ1) is 9.24. The highest BCUT2D eigenvalue weighted by Crippen LogP contribution is 2.48. The van der Waals surface area contributed by atoms with E-state index < -0.39 is 11.2 Å². The molecule has 2 nitrogen and oxygen atoms in total. The summed E-state index contributed by atoms with van der Waals surface area (Å²) in [5, 5.41) is 8.65. The second-order valence-electron chi connectivity index (χ2n) is 4.56. The van der Waals surface area contributed by atoms with E-state index in [9.17, 15) is 10.1 Å². The summed E-state index contributed by atoms with van der Waals surface area (Å²) in [5.41, 5.74) is 4.18. The van der Waals surface area contributed by atoms with Crippen LogP contribution in [-0.4, -0.2) is 5.24 Å². The van der Waals surface area contributed by atoms with Crippen LogP contribution in [0.5, 0.6) is 0 Å². The minimum Gasteiger partial charge on any atom is -0.280 e. The van der Waals surface area contributed by atoms with Crippen molar-refractivity contribution in [3.8, 4) is 17.2 Å². The van der Waals surface area contributed by atoms with Crippen LogP contribution in [0.4, 0.5) is 0 Å². The van der Waals surface area contributed by atoms with Crippen molar-refractivity contribution in [2.24, 2.45) is 5.92 Å². The van der Waals surface area contributed by atoms with Crippen LogP contribution in [0.25, 0.3) is 11.1 Å². The van der Waals surface area contributed by atoms with Crippen molar-refractivity contribution in [2.45, 2.75) is 5.92 Å². The van der Waals surface area contributed by atoms with E-state index in [4.69, 9.17) is 11.6 Å². The van der Waals surface area contributed by atoms with E-state index >= 15 is 0 Å². The summed E-state index contributed by atoms with van der Waals surface area (Å²) in [4.78, 5) is 11.5. The Bertz CT molecular complexity index is 656. The SMILES string of the molecule is N#CC(C(=O)Cl)C1c2ccccc2-c2ccccc21. The van der Waals surface area contributed by atoms with Crippen LogP contribution in [0, 0.1) is 17.2 Å². The number of carbonyl (C=O) groups excluding carboxylic acids is 1. The maximum Gasteiger partial charge on any atom is 0.239 e. The first kappa shape index (κ1) is 12.0. The molecule has 0 radical (unpaired) electrons. The van der Waals surface area contributed by atoms with Gasteiger partial charge in [-0.25, -0.2) is 0 Å². The minimum atomic E-state index is -0.841. The number of nitrogens with zero attached hydrogens (tertiary/aromatic N) is 1.